The van der Waals surface area contributed by atoms with Gasteiger partial charge in [-0.2, -0.15) is 0 Å². The molecular formula is C20H24ClN3O2. The summed E-state index contributed by atoms with van der Waals surface area (Å²) in [5.74, 6) is 0.235. The first-order valence-electron chi connectivity index (χ1n) is 8.71. The summed E-state index contributed by atoms with van der Waals surface area (Å²) in [7, 11) is 1.51. The fraction of sp³-hybridized carbons (Fsp3) is 0.350. The maximum absolute atomic E-state index is 12.7. The Morgan fingerprint density at radius 2 is 2.08 bits per heavy atom. The van der Waals surface area contributed by atoms with Gasteiger partial charge in [0.25, 0.3) is 5.91 Å². The Morgan fingerprint density at radius 3 is 2.77 bits per heavy atom. The molecule has 0 radical (unpaired) electrons. The van der Waals surface area contributed by atoms with E-state index in [4.69, 9.17) is 22.1 Å². The highest BCUT2D eigenvalue weighted by atomic mass is 35.5. The zero-order valence-corrected chi connectivity index (χ0v) is 15.8. The summed E-state index contributed by atoms with van der Waals surface area (Å²) in [6.45, 7) is 3.97. The first kappa shape index (κ1) is 18.5. The van der Waals surface area contributed by atoms with Crippen LogP contribution in [0.4, 0.5) is 5.69 Å². The van der Waals surface area contributed by atoms with Crippen LogP contribution in [0.3, 0.4) is 0 Å². The molecule has 1 fully saturated rings. The molecule has 0 aromatic heterocycles. The lowest BCUT2D eigenvalue weighted by atomic mass is 10.1. The minimum atomic E-state index is -0.192. The molecular weight excluding hydrogens is 350 g/mol. The fourth-order valence-corrected chi connectivity index (χ4v) is 3.56. The maximum Gasteiger partial charge on any atom is 0.255 e. The quantitative estimate of drug-likeness (QED) is 0.789. The Balaban J connectivity index is 1.68. The largest absolute Gasteiger partial charge is 0.496 e. The summed E-state index contributed by atoms with van der Waals surface area (Å²) in [6, 6.07) is 13.8. The van der Waals surface area contributed by atoms with Crippen LogP contribution in [0.15, 0.2) is 42.5 Å². The van der Waals surface area contributed by atoms with Gasteiger partial charge in [-0.15, -0.1) is 0 Å². The van der Waals surface area contributed by atoms with E-state index in [1.165, 1.54) is 12.7 Å². The summed E-state index contributed by atoms with van der Waals surface area (Å²) < 4.78 is 5.28. The molecule has 6 heteroatoms. The summed E-state index contributed by atoms with van der Waals surface area (Å²) in [5, 5.41) is 3.47. The van der Waals surface area contributed by atoms with E-state index >= 15 is 0 Å². The standard InChI is InChI=1S/C20H24ClN3O2/c1-13-18(8-9-24(13)12-14-6-4-3-5-7-14)23-20(25)15-10-16(21)17(22)11-19(15)26-2/h3-7,10-11,13,18H,8-9,12,22H2,1-2H3,(H,23,25)/t13-,18-/m1/s1. The van der Waals surface area contributed by atoms with Gasteiger partial charge in [0.1, 0.15) is 5.75 Å². The number of nitrogens with zero attached hydrogens (tertiary/aromatic N) is 1. The third-order valence-corrected chi connectivity index (χ3v) is 5.32. The molecule has 0 aliphatic carbocycles. The monoisotopic (exact) mass is 373 g/mol. The van der Waals surface area contributed by atoms with Crippen LogP contribution < -0.4 is 15.8 Å². The maximum atomic E-state index is 12.7. The van der Waals surface area contributed by atoms with Crippen LogP contribution >= 0.6 is 11.6 Å². The Kier molecular flexibility index (Phi) is 5.69. The molecule has 0 spiro atoms. The van der Waals surface area contributed by atoms with Crippen LogP contribution in [0.1, 0.15) is 29.3 Å². The zero-order valence-electron chi connectivity index (χ0n) is 15.0. The van der Waals surface area contributed by atoms with Crippen LogP contribution in [0.5, 0.6) is 5.75 Å². The van der Waals surface area contributed by atoms with E-state index in [0.29, 0.717) is 22.0 Å². The molecule has 2 atom stereocenters. The topological polar surface area (TPSA) is 67.6 Å². The summed E-state index contributed by atoms with van der Waals surface area (Å²) in [6.07, 6.45) is 0.908. The number of carbonyl (C=O) groups is 1. The van der Waals surface area contributed by atoms with Crippen molar-refractivity contribution in [3.63, 3.8) is 0 Å². The van der Waals surface area contributed by atoms with Gasteiger partial charge in [-0.05, 0) is 25.0 Å². The number of carbonyl (C=O) groups excluding carboxylic acids is 1. The molecule has 1 saturated heterocycles. The Labute approximate surface area is 159 Å². The predicted molar refractivity (Wildman–Crippen MR) is 105 cm³/mol. The lowest BCUT2D eigenvalue weighted by Crippen LogP contribution is -2.43. The van der Waals surface area contributed by atoms with Gasteiger partial charge in [-0.3, -0.25) is 9.69 Å². The average molecular weight is 374 g/mol. The van der Waals surface area contributed by atoms with Crippen molar-refractivity contribution in [3.8, 4) is 5.75 Å². The van der Waals surface area contributed by atoms with E-state index < -0.39 is 0 Å². The second-order valence-electron chi connectivity index (χ2n) is 6.64. The number of hydrogen-bond donors (Lipinski definition) is 2. The predicted octanol–water partition coefficient (Wildman–Crippen LogP) is 3.32. The first-order valence-corrected chi connectivity index (χ1v) is 9.09. The number of anilines is 1. The number of likely N-dealkylation sites (tertiary alicyclic amines) is 1. The number of nitrogen functional groups attached to an aromatic ring is 1. The van der Waals surface area contributed by atoms with E-state index in [9.17, 15) is 4.79 Å². The molecule has 5 nitrogen and oxygen atoms in total. The third-order valence-electron chi connectivity index (χ3n) is 4.99. The number of methoxy groups -OCH3 is 1. The van der Waals surface area contributed by atoms with Crippen molar-refractivity contribution in [2.24, 2.45) is 0 Å². The number of benzene rings is 2. The average Bonchev–Trinajstić information content (AvgIpc) is 2.97. The second-order valence-corrected chi connectivity index (χ2v) is 7.05. The fourth-order valence-electron chi connectivity index (χ4n) is 3.40. The number of ether oxygens (including phenoxy) is 1. The second kappa shape index (κ2) is 7.98. The third kappa shape index (κ3) is 3.94. The Morgan fingerprint density at radius 1 is 1.35 bits per heavy atom. The molecule has 2 aromatic rings. The van der Waals surface area contributed by atoms with E-state index in [1.807, 2.05) is 18.2 Å². The van der Waals surface area contributed by atoms with Gasteiger partial charge in [0.15, 0.2) is 0 Å². The van der Waals surface area contributed by atoms with Crippen molar-refractivity contribution < 1.29 is 9.53 Å². The molecule has 138 valence electrons. The Hall–Kier alpha value is -2.24. The zero-order chi connectivity index (χ0) is 18.7. The highest BCUT2D eigenvalue weighted by Gasteiger charge is 2.32. The molecule has 0 unspecified atom stereocenters. The number of nitrogens with two attached hydrogens (primary N) is 1. The minimum Gasteiger partial charge on any atom is -0.496 e. The van der Waals surface area contributed by atoms with Crippen molar-refractivity contribution in [2.45, 2.75) is 32.0 Å². The molecule has 0 saturated carbocycles. The van der Waals surface area contributed by atoms with Crippen LogP contribution in [0.2, 0.25) is 5.02 Å². The van der Waals surface area contributed by atoms with Crippen LogP contribution in [0, 0.1) is 0 Å². The van der Waals surface area contributed by atoms with Crippen molar-refractivity contribution in [1.82, 2.24) is 10.2 Å². The number of halogens is 1. The number of nitrogens with one attached hydrogen (secondary N) is 1. The molecule has 1 amide bonds. The highest BCUT2D eigenvalue weighted by Crippen LogP contribution is 2.29. The molecule has 1 heterocycles. The van der Waals surface area contributed by atoms with E-state index in [0.717, 1.165) is 19.5 Å². The summed E-state index contributed by atoms with van der Waals surface area (Å²) in [5.41, 5.74) is 7.86. The number of rotatable bonds is 5. The van der Waals surface area contributed by atoms with Gasteiger partial charge in [0.2, 0.25) is 0 Å². The molecule has 1 aliphatic heterocycles. The van der Waals surface area contributed by atoms with Gasteiger partial charge in [-0.25, -0.2) is 0 Å². The van der Waals surface area contributed by atoms with Crippen molar-refractivity contribution in [3.05, 3.63) is 58.6 Å². The van der Waals surface area contributed by atoms with E-state index in [-0.39, 0.29) is 18.0 Å². The van der Waals surface area contributed by atoms with Crippen molar-refractivity contribution in [2.75, 3.05) is 19.4 Å². The van der Waals surface area contributed by atoms with Gasteiger partial charge in [0.05, 0.1) is 23.4 Å². The van der Waals surface area contributed by atoms with Crippen molar-refractivity contribution in [1.29, 1.82) is 0 Å². The Bertz CT molecular complexity index is 782. The summed E-state index contributed by atoms with van der Waals surface area (Å²) >= 11 is 6.08. The minimum absolute atomic E-state index is 0.0762. The molecule has 26 heavy (non-hydrogen) atoms. The lowest BCUT2D eigenvalue weighted by Gasteiger charge is -2.25. The summed E-state index contributed by atoms with van der Waals surface area (Å²) in [4.78, 5) is 15.1. The van der Waals surface area contributed by atoms with Crippen LogP contribution in [-0.4, -0.2) is 36.5 Å². The normalized spacial score (nSPS) is 20.1. The number of hydrogen-bond acceptors (Lipinski definition) is 4. The molecule has 2 aromatic carbocycles. The number of amides is 1. The van der Waals surface area contributed by atoms with Gasteiger partial charge in [-0.1, -0.05) is 41.9 Å². The molecule has 3 rings (SSSR count). The van der Waals surface area contributed by atoms with Crippen LogP contribution in [0.25, 0.3) is 0 Å². The van der Waals surface area contributed by atoms with Gasteiger partial charge < -0.3 is 15.8 Å². The molecule has 1 aliphatic rings. The lowest BCUT2D eigenvalue weighted by molar-refractivity contribution is 0.0924. The van der Waals surface area contributed by atoms with E-state index in [2.05, 4.69) is 29.3 Å². The smallest absolute Gasteiger partial charge is 0.255 e. The van der Waals surface area contributed by atoms with Gasteiger partial charge >= 0.3 is 0 Å². The molecule has 3 N–H and O–H groups in total. The van der Waals surface area contributed by atoms with Gasteiger partial charge in [0, 0.05) is 31.2 Å². The van der Waals surface area contributed by atoms with Crippen LogP contribution in [-0.2, 0) is 6.54 Å². The first-order chi connectivity index (χ1) is 12.5. The van der Waals surface area contributed by atoms with Crippen molar-refractivity contribution >= 4 is 23.2 Å². The molecule has 0 bridgehead atoms. The SMILES string of the molecule is COc1cc(N)c(Cl)cc1C(=O)N[C@@H]1CCN(Cc2ccccc2)[C@@H]1C. The highest BCUT2D eigenvalue weighted by molar-refractivity contribution is 6.33. The van der Waals surface area contributed by atoms with E-state index in [1.54, 1.807) is 12.1 Å².